The number of benzene rings is 2. The summed E-state index contributed by atoms with van der Waals surface area (Å²) < 4.78 is 5.74. The van der Waals surface area contributed by atoms with Crippen molar-refractivity contribution in [3.8, 4) is 6.07 Å². The molecule has 0 unspecified atom stereocenters. The van der Waals surface area contributed by atoms with Crippen LogP contribution in [0.4, 0.5) is 0 Å². The summed E-state index contributed by atoms with van der Waals surface area (Å²) in [5.74, 6) is 0.743. The molecule has 1 aliphatic heterocycles. The van der Waals surface area contributed by atoms with Gasteiger partial charge in [0.2, 0.25) is 0 Å². The number of nitrogens with zero attached hydrogens (tertiary/aromatic N) is 3. The first-order valence-electron chi connectivity index (χ1n) is 10.7. The lowest BCUT2D eigenvalue weighted by atomic mass is 9.91. The maximum atomic E-state index is 9.00. The fourth-order valence-corrected chi connectivity index (χ4v) is 5.54. The Balaban J connectivity index is 1.21. The maximum Gasteiger partial charge on any atom is 0.170 e. The highest BCUT2D eigenvalue weighted by atomic mass is 32.1. The summed E-state index contributed by atoms with van der Waals surface area (Å²) in [6.45, 7) is 5.36. The average Bonchev–Trinajstić information content (AvgIpc) is 3.40. The van der Waals surface area contributed by atoms with Gasteiger partial charge in [-0.05, 0) is 80.6 Å². The monoisotopic (exact) mass is 415 g/mol. The van der Waals surface area contributed by atoms with E-state index >= 15 is 0 Å². The molecule has 1 aliphatic rings. The van der Waals surface area contributed by atoms with E-state index in [1.165, 1.54) is 45.9 Å². The van der Waals surface area contributed by atoms with Gasteiger partial charge in [-0.15, -0.1) is 11.3 Å². The van der Waals surface area contributed by atoms with Gasteiger partial charge in [0.15, 0.2) is 5.58 Å². The quantitative estimate of drug-likeness (QED) is 0.397. The molecule has 0 atom stereocenters. The van der Waals surface area contributed by atoms with Crippen LogP contribution in [0, 0.1) is 24.2 Å². The van der Waals surface area contributed by atoms with Gasteiger partial charge in [-0.3, -0.25) is 4.90 Å². The molecule has 0 amide bonds. The number of nitriles is 1. The molecule has 0 N–H and O–H groups in total. The fourth-order valence-electron chi connectivity index (χ4n) is 4.69. The Labute approximate surface area is 180 Å². The third-order valence-electron chi connectivity index (χ3n) is 6.46. The van der Waals surface area contributed by atoms with Gasteiger partial charge < -0.3 is 4.52 Å². The molecule has 4 aromatic rings. The summed E-state index contributed by atoms with van der Waals surface area (Å²) in [6, 6.07) is 17.0. The Bertz CT molecular complexity index is 1220. The van der Waals surface area contributed by atoms with E-state index in [0.717, 1.165) is 48.1 Å². The largest absolute Gasteiger partial charge is 0.356 e. The van der Waals surface area contributed by atoms with Crippen molar-refractivity contribution in [1.82, 2.24) is 10.1 Å². The van der Waals surface area contributed by atoms with E-state index in [9.17, 15) is 0 Å². The number of piperidine rings is 1. The Kier molecular flexibility index (Phi) is 5.28. The van der Waals surface area contributed by atoms with Crippen molar-refractivity contribution in [1.29, 1.82) is 5.26 Å². The van der Waals surface area contributed by atoms with Gasteiger partial charge >= 0.3 is 0 Å². The van der Waals surface area contributed by atoms with Gasteiger partial charge in [0.1, 0.15) is 10.9 Å². The second-order valence-electron chi connectivity index (χ2n) is 8.36. The van der Waals surface area contributed by atoms with Gasteiger partial charge in [0.05, 0.1) is 5.69 Å². The number of hydrogen-bond donors (Lipinski definition) is 0. The minimum atomic E-state index is 0.743. The van der Waals surface area contributed by atoms with Crippen molar-refractivity contribution in [2.24, 2.45) is 5.92 Å². The normalized spacial score (nSPS) is 15.7. The highest BCUT2D eigenvalue weighted by Gasteiger charge is 2.21. The number of hydrogen-bond acceptors (Lipinski definition) is 5. The van der Waals surface area contributed by atoms with E-state index in [-0.39, 0.29) is 0 Å². The van der Waals surface area contributed by atoms with Crippen LogP contribution in [0.15, 0.2) is 47.0 Å². The lowest BCUT2D eigenvalue weighted by Crippen LogP contribution is -2.33. The minimum absolute atomic E-state index is 0.743. The molecule has 3 heterocycles. The topological polar surface area (TPSA) is 53.1 Å². The predicted molar refractivity (Wildman–Crippen MR) is 122 cm³/mol. The van der Waals surface area contributed by atoms with Crippen LogP contribution in [0.3, 0.4) is 0 Å². The van der Waals surface area contributed by atoms with E-state index in [1.807, 2.05) is 6.07 Å². The Morgan fingerprint density at radius 1 is 1.17 bits per heavy atom. The summed E-state index contributed by atoms with van der Waals surface area (Å²) in [5.41, 5.74) is 3.22. The SMILES string of the molecule is Cc1c2ccccc2cc2c(CCC3CCN(Cc4ccc(C#N)s4)CC3)noc12. The smallest absolute Gasteiger partial charge is 0.170 e. The molecule has 0 radical (unpaired) electrons. The summed E-state index contributed by atoms with van der Waals surface area (Å²) in [5, 5.41) is 17.1. The molecule has 2 aromatic carbocycles. The van der Waals surface area contributed by atoms with Gasteiger partial charge in [-0.2, -0.15) is 5.26 Å². The number of fused-ring (bicyclic) bond motifs is 2. The summed E-state index contributed by atoms with van der Waals surface area (Å²) in [4.78, 5) is 4.62. The van der Waals surface area contributed by atoms with Crippen molar-refractivity contribution >= 4 is 33.1 Å². The van der Waals surface area contributed by atoms with Crippen molar-refractivity contribution < 1.29 is 4.52 Å². The highest BCUT2D eigenvalue weighted by Crippen LogP contribution is 2.32. The summed E-state index contributed by atoms with van der Waals surface area (Å²) in [6.07, 6.45) is 4.60. The number of thiophene rings is 1. The molecule has 0 aliphatic carbocycles. The van der Waals surface area contributed by atoms with E-state index < -0.39 is 0 Å². The van der Waals surface area contributed by atoms with Crippen LogP contribution in [-0.2, 0) is 13.0 Å². The Morgan fingerprint density at radius 2 is 2.00 bits per heavy atom. The zero-order valence-corrected chi connectivity index (χ0v) is 18.0. The molecule has 0 saturated carbocycles. The van der Waals surface area contributed by atoms with Crippen LogP contribution in [0.1, 0.15) is 40.3 Å². The predicted octanol–water partition coefficient (Wildman–Crippen LogP) is 6.07. The molecule has 5 heteroatoms. The van der Waals surface area contributed by atoms with Crippen LogP contribution in [-0.4, -0.2) is 23.1 Å². The molecule has 2 aromatic heterocycles. The first kappa shape index (κ1) is 19.3. The molecular formula is C25H25N3OS. The molecule has 1 saturated heterocycles. The highest BCUT2D eigenvalue weighted by molar-refractivity contribution is 7.12. The molecule has 0 bridgehead atoms. The van der Waals surface area contributed by atoms with E-state index in [4.69, 9.17) is 9.78 Å². The number of aromatic nitrogens is 1. The standard InChI is InChI=1S/C25H25N3OS/c1-17-22-5-3-2-4-19(22)14-23-24(27-29-25(17)23)9-6-18-10-12-28(13-11-18)16-21-8-7-20(15-26)30-21/h2-5,7-8,14,18H,6,9-13,16H2,1H3. The van der Waals surface area contributed by atoms with Gasteiger partial charge in [0, 0.05) is 22.4 Å². The van der Waals surface area contributed by atoms with E-state index in [2.05, 4.69) is 59.4 Å². The van der Waals surface area contributed by atoms with Crippen LogP contribution in [0.2, 0.25) is 0 Å². The van der Waals surface area contributed by atoms with Crippen molar-refractivity contribution in [2.75, 3.05) is 13.1 Å². The van der Waals surface area contributed by atoms with Crippen molar-refractivity contribution in [2.45, 2.75) is 39.2 Å². The Morgan fingerprint density at radius 3 is 2.80 bits per heavy atom. The third kappa shape index (κ3) is 3.74. The van der Waals surface area contributed by atoms with Crippen molar-refractivity contribution in [3.63, 3.8) is 0 Å². The van der Waals surface area contributed by atoms with E-state index in [0.29, 0.717) is 0 Å². The van der Waals surface area contributed by atoms with Crippen LogP contribution >= 0.6 is 11.3 Å². The Hall–Kier alpha value is -2.68. The number of aryl methyl sites for hydroxylation is 2. The van der Waals surface area contributed by atoms with Crippen LogP contribution < -0.4 is 0 Å². The minimum Gasteiger partial charge on any atom is -0.356 e. The summed E-state index contributed by atoms with van der Waals surface area (Å²) in [7, 11) is 0. The van der Waals surface area contributed by atoms with Crippen LogP contribution in [0.5, 0.6) is 0 Å². The van der Waals surface area contributed by atoms with Crippen molar-refractivity contribution in [3.05, 3.63) is 63.5 Å². The molecule has 1 fully saturated rings. The first-order valence-corrected chi connectivity index (χ1v) is 11.5. The average molecular weight is 416 g/mol. The first-order chi connectivity index (χ1) is 14.7. The zero-order chi connectivity index (χ0) is 20.5. The maximum absolute atomic E-state index is 9.00. The molecule has 5 rings (SSSR count). The molecule has 4 nitrogen and oxygen atoms in total. The van der Waals surface area contributed by atoms with Gasteiger partial charge in [-0.1, -0.05) is 29.4 Å². The molecule has 152 valence electrons. The molecular weight excluding hydrogens is 390 g/mol. The third-order valence-corrected chi connectivity index (χ3v) is 7.43. The molecule has 0 spiro atoms. The summed E-state index contributed by atoms with van der Waals surface area (Å²) >= 11 is 1.62. The number of rotatable bonds is 5. The lowest BCUT2D eigenvalue weighted by Gasteiger charge is -2.31. The lowest BCUT2D eigenvalue weighted by molar-refractivity contribution is 0.173. The number of likely N-dealkylation sites (tertiary alicyclic amines) is 1. The second kappa shape index (κ2) is 8.22. The molecule has 30 heavy (non-hydrogen) atoms. The zero-order valence-electron chi connectivity index (χ0n) is 17.2. The fraction of sp³-hybridized carbons (Fsp3) is 0.360. The van der Waals surface area contributed by atoms with E-state index in [1.54, 1.807) is 11.3 Å². The second-order valence-corrected chi connectivity index (χ2v) is 9.53. The van der Waals surface area contributed by atoms with Gasteiger partial charge in [0.25, 0.3) is 0 Å². The van der Waals surface area contributed by atoms with Gasteiger partial charge in [-0.25, -0.2) is 0 Å². The van der Waals surface area contributed by atoms with Crippen LogP contribution in [0.25, 0.3) is 21.7 Å².